The first kappa shape index (κ1) is 8.49. The van der Waals surface area contributed by atoms with Crippen LogP contribution in [0.5, 0.6) is 0 Å². The molecule has 0 bridgehead atoms. The minimum atomic E-state index is 0.0694. The summed E-state index contributed by atoms with van der Waals surface area (Å²) in [7, 11) is 0. The Morgan fingerprint density at radius 3 is 1.78 bits per heavy atom. The molecule has 0 saturated heterocycles. The quantitative estimate of drug-likeness (QED) is 0.488. The van der Waals surface area contributed by atoms with Gasteiger partial charge in [-0.05, 0) is 19.8 Å². The molecule has 1 fully saturated rings. The SMILES string of the molecule is CC.CC1(C#N)CCC1. The molecule has 0 spiro atoms. The van der Waals surface area contributed by atoms with E-state index >= 15 is 0 Å². The standard InChI is InChI=1S/C6H9N.C2H6/c1-6(5-7)3-2-4-6;1-2/h2-4H2,1H3;1-2H3. The smallest absolute Gasteiger partial charge is 0.0686 e. The van der Waals surface area contributed by atoms with Gasteiger partial charge in [0.2, 0.25) is 0 Å². The number of hydrogen-bond acceptors (Lipinski definition) is 1. The molecule has 0 heterocycles. The predicted molar refractivity (Wildman–Crippen MR) is 38.9 cm³/mol. The Hall–Kier alpha value is -0.510. The van der Waals surface area contributed by atoms with Gasteiger partial charge < -0.3 is 0 Å². The highest BCUT2D eigenvalue weighted by molar-refractivity contribution is 5.00. The predicted octanol–water partition coefficient (Wildman–Crippen LogP) is 2.73. The average Bonchev–Trinajstić information content (AvgIpc) is 1.88. The van der Waals surface area contributed by atoms with Gasteiger partial charge in [-0.3, -0.25) is 0 Å². The topological polar surface area (TPSA) is 23.8 Å². The maximum atomic E-state index is 8.40. The van der Waals surface area contributed by atoms with E-state index < -0.39 is 0 Å². The van der Waals surface area contributed by atoms with Crippen molar-refractivity contribution in [3.63, 3.8) is 0 Å². The van der Waals surface area contributed by atoms with Crippen molar-refractivity contribution in [1.29, 1.82) is 5.26 Å². The molecule has 9 heavy (non-hydrogen) atoms. The molecule has 1 nitrogen and oxygen atoms in total. The summed E-state index contributed by atoms with van der Waals surface area (Å²) in [5.74, 6) is 0. The van der Waals surface area contributed by atoms with Gasteiger partial charge in [0.15, 0.2) is 0 Å². The molecular formula is C8H15N. The monoisotopic (exact) mass is 125 g/mol. The van der Waals surface area contributed by atoms with Crippen LogP contribution in [0.2, 0.25) is 0 Å². The molecule has 52 valence electrons. The molecule has 1 aliphatic carbocycles. The Labute approximate surface area is 57.7 Å². The molecule has 1 aliphatic rings. The molecule has 0 aliphatic heterocycles. The maximum absolute atomic E-state index is 8.40. The number of rotatable bonds is 0. The van der Waals surface area contributed by atoms with E-state index in [0.29, 0.717) is 0 Å². The third-order valence-electron chi connectivity index (χ3n) is 1.73. The van der Waals surface area contributed by atoms with E-state index in [0.717, 1.165) is 12.8 Å². The normalized spacial score (nSPS) is 20.2. The van der Waals surface area contributed by atoms with Gasteiger partial charge in [-0.15, -0.1) is 0 Å². The second-order valence-corrected chi connectivity index (χ2v) is 2.53. The van der Waals surface area contributed by atoms with Crippen molar-refractivity contribution in [2.24, 2.45) is 5.41 Å². The van der Waals surface area contributed by atoms with Crippen molar-refractivity contribution in [3.05, 3.63) is 0 Å². The fraction of sp³-hybridized carbons (Fsp3) is 0.875. The number of nitriles is 1. The summed E-state index contributed by atoms with van der Waals surface area (Å²) in [4.78, 5) is 0. The molecule has 0 N–H and O–H groups in total. The van der Waals surface area contributed by atoms with Crippen LogP contribution in [0.3, 0.4) is 0 Å². The van der Waals surface area contributed by atoms with E-state index in [1.807, 2.05) is 20.8 Å². The molecule has 1 rings (SSSR count). The van der Waals surface area contributed by atoms with Gasteiger partial charge in [0.05, 0.1) is 11.5 Å². The average molecular weight is 125 g/mol. The van der Waals surface area contributed by atoms with Crippen LogP contribution in [0.25, 0.3) is 0 Å². The molecule has 0 amide bonds. The summed E-state index contributed by atoms with van der Waals surface area (Å²) in [6, 6.07) is 2.28. The summed E-state index contributed by atoms with van der Waals surface area (Å²) in [6.07, 6.45) is 3.48. The van der Waals surface area contributed by atoms with E-state index in [4.69, 9.17) is 5.26 Å². The van der Waals surface area contributed by atoms with E-state index in [2.05, 4.69) is 6.07 Å². The van der Waals surface area contributed by atoms with Crippen LogP contribution in [0, 0.1) is 16.7 Å². The molecule has 0 unspecified atom stereocenters. The lowest BCUT2D eigenvalue weighted by atomic mass is 9.72. The second-order valence-electron chi connectivity index (χ2n) is 2.53. The van der Waals surface area contributed by atoms with Crippen LogP contribution < -0.4 is 0 Å². The lowest BCUT2D eigenvalue weighted by Crippen LogP contribution is -2.22. The molecule has 0 aromatic carbocycles. The first-order chi connectivity index (χ1) is 4.27. The Morgan fingerprint density at radius 1 is 1.33 bits per heavy atom. The Kier molecular flexibility index (Phi) is 3.30. The van der Waals surface area contributed by atoms with Gasteiger partial charge in [0.25, 0.3) is 0 Å². The third kappa shape index (κ3) is 2.05. The molecule has 0 aromatic heterocycles. The van der Waals surface area contributed by atoms with Gasteiger partial charge in [-0.2, -0.15) is 5.26 Å². The second kappa shape index (κ2) is 3.50. The zero-order valence-corrected chi connectivity index (χ0v) is 6.57. The molecule has 0 radical (unpaired) electrons. The van der Waals surface area contributed by atoms with E-state index in [-0.39, 0.29) is 5.41 Å². The van der Waals surface area contributed by atoms with Crippen LogP contribution in [-0.2, 0) is 0 Å². The Morgan fingerprint density at radius 2 is 1.78 bits per heavy atom. The van der Waals surface area contributed by atoms with Gasteiger partial charge in [0, 0.05) is 0 Å². The van der Waals surface area contributed by atoms with Crippen molar-refractivity contribution in [3.8, 4) is 6.07 Å². The van der Waals surface area contributed by atoms with Gasteiger partial charge >= 0.3 is 0 Å². The van der Waals surface area contributed by atoms with Crippen LogP contribution in [0.1, 0.15) is 40.0 Å². The highest BCUT2D eigenvalue weighted by atomic mass is 14.4. The highest BCUT2D eigenvalue weighted by Crippen LogP contribution is 2.38. The van der Waals surface area contributed by atoms with Gasteiger partial charge in [0.1, 0.15) is 0 Å². The lowest BCUT2D eigenvalue weighted by molar-refractivity contribution is 0.245. The van der Waals surface area contributed by atoms with Crippen LogP contribution in [0.4, 0.5) is 0 Å². The van der Waals surface area contributed by atoms with E-state index in [1.165, 1.54) is 6.42 Å². The lowest BCUT2D eigenvalue weighted by Gasteiger charge is -2.30. The maximum Gasteiger partial charge on any atom is 0.0686 e. The van der Waals surface area contributed by atoms with Gasteiger partial charge in [-0.25, -0.2) is 0 Å². The molecule has 0 atom stereocenters. The summed E-state index contributed by atoms with van der Waals surface area (Å²) >= 11 is 0. The minimum Gasteiger partial charge on any atom is -0.198 e. The highest BCUT2D eigenvalue weighted by Gasteiger charge is 2.30. The van der Waals surface area contributed by atoms with Gasteiger partial charge in [-0.1, -0.05) is 20.3 Å². The fourth-order valence-corrected chi connectivity index (χ4v) is 0.819. The third-order valence-corrected chi connectivity index (χ3v) is 1.73. The van der Waals surface area contributed by atoms with Crippen LogP contribution in [-0.4, -0.2) is 0 Å². The van der Waals surface area contributed by atoms with E-state index in [9.17, 15) is 0 Å². The van der Waals surface area contributed by atoms with E-state index in [1.54, 1.807) is 0 Å². The largest absolute Gasteiger partial charge is 0.198 e. The van der Waals surface area contributed by atoms with Crippen molar-refractivity contribution in [2.75, 3.05) is 0 Å². The summed E-state index contributed by atoms with van der Waals surface area (Å²) in [5, 5.41) is 8.40. The first-order valence-corrected chi connectivity index (χ1v) is 3.68. The fourth-order valence-electron chi connectivity index (χ4n) is 0.819. The van der Waals surface area contributed by atoms with Crippen molar-refractivity contribution < 1.29 is 0 Å². The van der Waals surface area contributed by atoms with Crippen molar-refractivity contribution in [1.82, 2.24) is 0 Å². The molecular weight excluding hydrogens is 110 g/mol. The van der Waals surface area contributed by atoms with Crippen molar-refractivity contribution >= 4 is 0 Å². The molecule has 1 heteroatoms. The molecule has 1 saturated carbocycles. The number of hydrogen-bond donors (Lipinski definition) is 0. The summed E-state index contributed by atoms with van der Waals surface area (Å²) in [6.45, 7) is 6.02. The number of nitrogens with zero attached hydrogens (tertiary/aromatic N) is 1. The minimum absolute atomic E-state index is 0.0694. The zero-order chi connectivity index (χ0) is 7.33. The summed E-state index contributed by atoms with van der Waals surface area (Å²) in [5.41, 5.74) is 0.0694. The first-order valence-electron chi connectivity index (χ1n) is 3.68. The zero-order valence-electron chi connectivity index (χ0n) is 6.57. The Bertz CT molecular complexity index is 106. The molecule has 0 aromatic rings. The van der Waals surface area contributed by atoms with Crippen LogP contribution in [0.15, 0.2) is 0 Å². The Balaban J connectivity index is 0.000000291. The van der Waals surface area contributed by atoms with Crippen molar-refractivity contribution in [2.45, 2.75) is 40.0 Å². The van der Waals surface area contributed by atoms with Crippen LogP contribution >= 0.6 is 0 Å². The summed E-state index contributed by atoms with van der Waals surface area (Å²) < 4.78 is 0.